The molecule has 1 saturated heterocycles. The van der Waals surface area contributed by atoms with E-state index in [1.54, 1.807) is 0 Å². The number of rotatable bonds is 4. The summed E-state index contributed by atoms with van der Waals surface area (Å²) in [4.78, 5) is 16.3. The minimum absolute atomic E-state index is 0.233. The Kier molecular flexibility index (Phi) is 3.38. The van der Waals surface area contributed by atoms with Gasteiger partial charge in [0, 0.05) is 30.0 Å². The fourth-order valence-corrected chi connectivity index (χ4v) is 3.79. The van der Waals surface area contributed by atoms with Crippen LogP contribution in [0.15, 0.2) is 16.8 Å². The van der Waals surface area contributed by atoms with Crippen molar-refractivity contribution >= 4 is 5.78 Å². The number of fused-ring (bicyclic) bond motifs is 1. The van der Waals surface area contributed by atoms with Gasteiger partial charge in [0.2, 0.25) is 11.7 Å². The van der Waals surface area contributed by atoms with Crippen LogP contribution >= 0.6 is 0 Å². The van der Waals surface area contributed by atoms with Gasteiger partial charge in [-0.3, -0.25) is 9.30 Å². The highest BCUT2D eigenvalue weighted by molar-refractivity contribution is 5.34. The third kappa shape index (κ3) is 2.72. The lowest BCUT2D eigenvalue weighted by atomic mass is 10.2. The summed E-state index contributed by atoms with van der Waals surface area (Å²) in [7, 11) is 0. The molecule has 0 aromatic carbocycles. The normalized spacial score (nSPS) is 21.4. The smallest absolute Gasteiger partial charge is 0.234 e. The van der Waals surface area contributed by atoms with Crippen LogP contribution in [0.5, 0.6) is 0 Å². The molecule has 7 heteroatoms. The Labute approximate surface area is 146 Å². The predicted molar refractivity (Wildman–Crippen MR) is 91.1 cm³/mol. The first-order chi connectivity index (χ1) is 12.2. The molecule has 1 aliphatic heterocycles. The average molecular weight is 338 g/mol. The summed E-state index contributed by atoms with van der Waals surface area (Å²) in [5.41, 5.74) is 3.20. The van der Waals surface area contributed by atoms with E-state index in [0.29, 0.717) is 5.92 Å². The van der Waals surface area contributed by atoms with Gasteiger partial charge in [-0.1, -0.05) is 5.16 Å². The van der Waals surface area contributed by atoms with Crippen molar-refractivity contribution in [1.82, 2.24) is 29.4 Å². The van der Waals surface area contributed by atoms with Gasteiger partial charge in [-0.05, 0) is 52.1 Å². The van der Waals surface area contributed by atoms with Gasteiger partial charge in [0.1, 0.15) is 0 Å². The minimum atomic E-state index is 0.233. The summed E-state index contributed by atoms with van der Waals surface area (Å²) >= 11 is 0. The first kappa shape index (κ1) is 15.0. The highest BCUT2D eigenvalue weighted by Crippen LogP contribution is 2.40. The van der Waals surface area contributed by atoms with E-state index >= 15 is 0 Å². The maximum Gasteiger partial charge on any atom is 0.234 e. The first-order valence-corrected chi connectivity index (χ1v) is 9.07. The topological polar surface area (TPSA) is 72.3 Å². The largest absolute Gasteiger partial charge is 0.339 e. The standard InChI is InChI=1S/C18H22N6O/c1-11-8-12(2)24-10-14(20-18(24)19-11)9-23-7-3-4-15(23)16-21-17(25-22-16)13-5-6-13/h8,10,13,15H,3-7,9H2,1-2H3. The number of hydrogen-bond donors (Lipinski definition) is 0. The van der Waals surface area contributed by atoms with Gasteiger partial charge >= 0.3 is 0 Å². The number of likely N-dealkylation sites (tertiary alicyclic amines) is 1. The summed E-state index contributed by atoms with van der Waals surface area (Å²) in [5, 5.41) is 4.25. The van der Waals surface area contributed by atoms with E-state index in [4.69, 9.17) is 9.51 Å². The van der Waals surface area contributed by atoms with Crippen molar-refractivity contribution in [2.24, 2.45) is 0 Å². The molecule has 3 aromatic heterocycles. The quantitative estimate of drug-likeness (QED) is 0.728. The van der Waals surface area contributed by atoms with Crippen molar-refractivity contribution < 1.29 is 4.52 Å². The van der Waals surface area contributed by atoms with Crippen LogP contribution in [0.1, 0.15) is 66.4 Å². The fourth-order valence-electron chi connectivity index (χ4n) is 3.79. The summed E-state index contributed by atoms with van der Waals surface area (Å²) in [5.74, 6) is 2.95. The van der Waals surface area contributed by atoms with E-state index in [9.17, 15) is 0 Å². The predicted octanol–water partition coefficient (Wildman–Crippen LogP) is 2.94. The fraction of sp³-hybridized carbons (Fsp3) is 0.556. The lowest BCUT2D eigenvalue weighted by Gasteiger charge is -2.20. The van der Waals surface area contributed by atoms with E-state index < -0.39 is 0 Å². The van der Waals surface area contributed by atoms with Crippen molar-refractivity contribution in [3.63, 3.8) is 0 Å². The molecule has 7 nitrogen and oxygen atoms in total. The van der Waals surface area contributed by atoms with Crippen LogP contribution in [0.2, 0.25) is 0 Å². The SMILES string of the molecule is Cc1cc(C)n2cc(CN3CCCC3c3noc(C4CC4)n3)nc2n1. The Bertz CT molecular complexity index is 925. The van der Waals surface area contributed by atoms with E-state index in [0.717, 1.165) is 60.5 Å². The van der Waals surface area contributed by atoms with Crippen LogP contribution < -0.4 is 0 Å². The number of nitrogens with zero attached hydrogens (tertiary/aromatic N) is 6. The van der Waals surface area contributed by atoms with Crippen molar-refractivity contribution in [3.8, 4) is 0 Å². The average Bonchev–Trinajstić information content (AvgIpc) is 2.98. The van der Waals surface area contributed by atoms with E-state index in [1.165, 1.54) is 12.8 Å². The second kappa shape index (κ2) is 5.62. The second-order valence-electron chi connectivity index (χ2n) is 7.33. The van der Waals surface area contributed by atoms with Crippen molar-refractivity contribution in [2.75, 3.05) is 6.54 Å². The van der Waals surface area contributed by atoms with Gasteiger partial charge in [-0.25, -0.2) is 9.97 Å². The first-order valence-electron chi connectivity index (χ1n) is 9.07. The lowest BCUT2D eigenvalue weighted by Crippen LogP contribution is -2.23. The van der Waals surface area contributed by atoms with Gasteiger partial charge in [-0.15, -0.1) is 0 Å². The Morgan fingerprint density at radius 2 is 2.04 bits per heavy atom. The molecule has 4 heterocycles. The van der Waals surface area contributed by atoms with Crippen LogP contribution in [-0.2, 0) is 6.54 Å². The molecular weight excluding hydrogens is 316 g/mol. The van der Waals surface area contributed by atoms with Gasteiger partial charge in [0.15, 0.2) is 5.82 Å². The summed E-state index contributed by atoms with van der Waals surface area (Å²) in [6.07, 6.45) is 6.69. The van der Waals surface area contributed by atoms with Crippen molar-refractivity contribution in [3.05, 3.63) is 41.1 Å². The Balaban J connectivity index is 1.39. The van der Waals surface area contributed by atoms with Crippen LogP contribution in [0, 0.1) is 13.8 Å². The summed E-state index contributed by atoms with van der Waals surface area (Å²) in [6, 6.07) is 2.31. The number of hydrogen-bond acceptors (Lipinski definition) is 6. The van der Waals surface area contributed by atoms with Gasteiger partial charge < -0.3 is 4.52 Å². The van der Waals surface area contributed by atoms with Crippen LogP contribution in [0.3, 0.4) is 0 Å². The van der Waals surface area contributed by atoms with E-state index in [1.807, 2.05) is 6.92 Å². The van der Waals surface area contributed by atoms with E-state index in [-0.39, 0.29) is 6.04 Å². The van der Waals surface area contributed by atoms with Crippen molar-refractivity contribution in [1.29, 1.82) is 0 Å². The zero-order valence-corrected chi connectivity index (χ0v) is 14.6. The highest BCUT2D eigenvalue weighted by atomic mass is 16.5. The molecule has 0 spiro atoms. The molecule has 1 aliphatic carbocycles. The molecule has 0 radical (unpaired) electrons. The Hall–Kier alpha value is -2.28. The number of aromatic nitrogens is 5. The molecular formula is C18H22N6O. The molecule has 0 N–H and O–H groups in total. The number of aryl methyl sites for hydroxylation is 2. The molecule has 1 atom stereocenters. The van der Waals surface area contributed by atoms with E-state index in [2.05, 4.69) is 43.6 Å². The summed E-state index contributed by atoms with van der Waals surface area (Å²) < 4.78 is 7.52. The molecule has 130 valence electrons. The highest BCUT2D eigenvalue weighted by Gasteiger charge is 2.34. The zero-order chi connectivity index (χ0) is 17.0. The lowest BCUT2D eigenvalue weighted by molar-refractivity contribution is 0.232. The van der Waals surface area contributed by atoms with Crippen LogP contribution in [0.4, 0.5) is 0 Å². The van der Waals surface area contributed by atoms with Gasteiger partial charge in [0.25, 0.3) is 0 Å². The maximum absolute atomic E-state index is 5.46. The monoisotopic (exact) mass is 338 g/mol. The molecule has 2 aliphatic rings. The number of imidazole rings is 1. The van der Waals surface area contributed by atoms with Crippen LogP contribution in [0.25, 0.3) is 5.78 Å². The molecule has 0 amide bonds. The zero-order valence-electron chi connectivity index (χ0n) is 14.6. The molecule has 1 unspecified atom stereocenters. The molecule has 25 heavy (non-hydrogen) atoms. The van der Waals surface area contributed by atoms with Gasteiger partial charge in [0.05, 0.1) is 11.7 Å². The molecule has 0 bridgehead atoms. The minimum Gasteiger partial charge on any atom is -0.339 e. The Morgan fingerprint density at radius 3 is 2.88 bits per heavy atom. The maximum atomic E-state index is 5.46. The van der Waals surface area contributed by atoms with Crippen LogP contribution in [-0.4, -0.2) is 36.0 Å². The molecule has 5 rings (SSSR count). The molecule has 2 fully saturated rings. The Morgan fingerprint density at radius 1 is 1.16 bits per heavy atom. The van der Waals surface area contributed by atoms with Gasteiger partial charge in [-0.2, -0.15) is 4.98 Å². The van der Waals surface area contributed by atoms with Crippen molar-refractivity contribution in [2.45, 2.75) is 58.0 Å². The third-order valence-corrected chi connectivity index (χ3v) is 5.22. The summed E-state index contributed by atoms with van der Waals surface area (Å²) in [6.45, 7) is 5.92. The third-order valence-electron chi connectivity index (χ3n) is 5.22. The second-order valence-corrected chi connectivity index (χ2v) is 7.33. The molecule has 1 saturated carbocycles. The molecule has 3 aromatic rings.